The summed E-state index contributed by atoms with van der Waals surface area (Å²) in [6.07, 6.45) is 3.03. The second-order valence-electron chi connectivity index (χ2n) is 4.89. The number of hydrogen-bond donors (Lipinski definition) is 1. The second-order valence-corrected chi connectivity index (χ2v) is 4.89. The minimum Gasteiger partial charge on any atom is -0.385 e. The molecular formula is C14H19FO2. The summed E-state index contributed by atoms with van der Waals surface area (Å²) in [4.78, 5) is 0. The van der Waals surface area contributed by atoms with E-state index in [0.29, 0.717) is 11.1 Å². The van der Waals surface area contributed by atoms with E-state index in [2.05, 4.69) is 0 Å². The van der Waals surface area contributed by atoms with Crippen molar-refractivity contribution in [3.8, 4) is 0 Å². The van der Waals surface area contributed by atoms with E-state index < -0.39 is 11.7 Å². The van der Waals surface area contributed by atoms with Gasteiger partial charge in [0.15, 0.2) is 0 Å². The van der Waals surface area contributed by atoms with Crippen LogP contribution in [0.1, 0.15) is 42.9 Å². The average Bonchev–Trinajstić information content (AvgIpc) is 2.81. The molecule has 0 saturated heterocycles. The number of halogens is 1. The lowest BCUT2D eigenvalue weighted by atomic mass is 9.89. The van der Waals surface area contributed by atoms with Crippen LogP contribution in [0.5, 0.6) is 0 Å². The molecule has 0 aromatic heterocycles. The molecule has 1 fully saturated rings. The van der Waals surface area contributed by atoms with Crippen LogP contribution in [0.25, 0.3) is 0 Å². The Balaban J connectivity index is 2.29. The summed E-state index contributed by atoms with van der Waals surface area (Å²) in [6.45, 7) is 1.72. The highest BCUT2D eigenvalue weighted by molar-refractivity contribution is 5.27. The van der Waals surface area contributed by atoms with Gasteiger partial charge in [0.1, 0.15) is 11.9 Å². The summed E-state index contributed by atoms with van der Waals surface area (Å²) in [5.41, 5.74) is 0.678. The van der Waals surface area contributed by atoms with Crippen molar-refractivity contribution in [1.82, 2.24) is 0 Å². The Kier molecular flexibility index (Phi) is 3.50. The molecular weight excluding hydrogens is 219 g/mol. The maximum atomic E-state index is 13.5. The van der Waals surface area contributed by atoms with Crippen LogP contribution in [-0.4, -0.2) is 17.8 Å². The van der Waals surface area contributed by atoms with Gasteiger partial charge in [-0.1, -0.05) is 25.0 Å². The Hall–Kier alpha value is -0.930. The molecule has 0 spiro atoms. The van der Waals surface area contributed by atoms with Gasteiger partial charge in [0.25, 0.3) is 0 Å². The van der Waals surface area contributed by atoms with Crippen LogP contribution in [-0.2, 0) is 4.74 Å². The smallest absolute Gasteiger partial charge is 0.126 e. The topological polar surface area (TPSA) is 29.5 Å². The number of rotatable bonds is 3. The van der Waals surface area contributed by atoms with E-state index in [1.165, 1.54) is 6.07 Å². The molecule has 0 aliphatic heterocycles. The second kappa shape index (κ2) is 4.75. The molecule has 1 N–H and O–H groups in total. The summed E-state index contributed by atoms with van der Waals surface area (Å²) >= 11 is 0. The van der Waals surface area contributed by atoms with Crippen molar-refractivity contribution < 1.29 is 14.2 Å². The van der Waals surface area contributed by atoms with Crippen LogP contribution in [0.4, 0.5) is 4.39 Å². The molecule has 17 heavy (non-hydrogen) atoms. The van der Waals surface area contributed by atoms with Gasteiger partial charge in [0, 0.05) is 7.11 Å². The Morgan fingerprint density at radius 2 is 2.00 bits per heavy atom. The molecule has 0 heterocycles. The first kappa shape index (κ1) is 12.5. The predicted molar refractivity (Wildman–Crippen MR) is 64.3 cm³/mol. The van der Waals surface area contributed by atoms with Crippen LogP contribution in [0.2, 0.25) is 0 Å². The van der Waals surface area contributed by atoms with E-state index >= 15 is 0 Å². The van der Waals surface area contributed by atoms with E-state index in [0.717, 1.165) is 25.7 Å². The summed E-state index contributed by atoms with van der Waals surface area (Å²) in [7, 11) is 1.62. The first-order chi connectivity index (χ1) is 8.09. The summed E-state index contributed by atoms with van der Waals surface area (Å²) in [5, 5.41) is 10.4. The molecule has 1 atom stereocenters. The molecule has 3 heteroatoms. The van der Waals surface area contributed by atoms with Gasteiger partial charge in [-0.25, -0.2) is 4.39 Å². The van der Waals surface area contributed by atoms with Gasteiger partial charge in [-0.3, -0.25) is 0 Å². The maximum absolute atomic E-state index is 13.5. The largest absolute Gasteiger partial charge is 0.385 e. The fourth-order valence-electron chi connectivity index (χ4n) is 2.65. The zero-order valence-electron chi connectivity index (χ0n) is 10.4. The van der Waals surface area contributed by atoms with Crippen LogP contribution in [0.15, 0.2) is 18.2 Å². The third-order valence-corrected chi connectivity index (χ3v) is 3.87. The van der Waals surface area contributed by atoms with Crippen molar-refractivity contribution in [2.24, 2.45) is 0 Å². The minimum absolute atomic E-state index is 0.272. The van der Waals surface area contributed by atoms with Crippen LogP contribution < -0.4 is 0 Å². The lowest BCUT2D eigenvalue weighted by Gasteiger charge is -2.33. The summed E-state index contributed by atoms with van der Waals surface area (Å²) in [5.74, 6) is -0.272. The Labute approximate surface area is 101 Å². The van der Waals surface area contributed by atoms with Crippen LogP contribution in [0.3, 0.4) is 0 Å². The predicted octanol–water partition coefficient (Wildman–Crippen LogP) is 3.13. The number of ether oxygens (including phenoxy) is 1. The normalized spacial score (nSPS) is 20.5. The average molecular weight is 238 g/mol. The third kappa shape index (κ3) is 2.22. The molecule has 2 rings (SSSR count). The molecule has 2 nitrogen and oxygen atoms in total. The molecule has 1 unspecified atom stereocenters. The summed E-state index contributed by atoms with van der Waals surface area (Å²) in [6, 6.07) is 4.90. The molecule has 94 valence electrons. The fourth-order valence-corrected chi connectivity index (χ4v) is 2.65. The van der Waals surface area contributed by atoms with Crippen LogP contribution >= 0.6 is 0 Å². The zero-order valence-corrected chi connectivity index (χ0v) is 10.4. The Bertz CT molecular complexity index is 397. The highest BCUT2D eigenvalue weighted by Gasteiger charge is 2.41. The van der Waals surface area contributed by atoms with E-state index in [9.17, 15) is 9.50 Å². The van der Waals surface area contributed by atoms with Gasteiger partial charge in [-0.15, -0.1) is 0 Å². The van der Waals surface area contributed by atoms with Gasteiger partial charge in [-0.05, 0) is 37.0 Å². The number of benzene rings is 1. The Morgan fingerprint density at radius 1 is 1.35 bits per heavy atom. The van der Waals surface area contributed by atoms with E-state index in [-0.39, 0.29) is 5.82 Å². The lowest BCUT2D eigenvalue weighted by Crippen LogP contribution is -2.35. The lowest BCUT2D eigenvalue weighted by molar-refractivity contribution is -0.100. The summed E-state index contributed by atoms with van der Waals surface area (Å²) < 4.78 is 19.0. The quantitative estimate of drug-likeness (QED) is 0.876. The van der Waals surface area contributed by atoms with Crippen molar-refractivity contribution in [1.29, 1.82) is 0 Å². The fraction of sp³-hybridized carbons (Fsp3) is 0.571. The highest BCUT2D eigenvalue weighted by Crippen LogP contribution is 2.42. The van der Waals surface area contributed by atoms with Crippen molar-refractivity contribution in [2.75, 3.05) is 7.11 Å². The number of aryl methyl sites for hydroxylation is 1. The van der Waals surface area contributed by atoms with Gasteiger partial charge in [0.05, 0.1) is 5.60 Å². The number of methoxy groups -OCH3 is 1. The monoisotopic (exact) mass is 238 g/mol. The SMILES string of the molecule is COC1(C(O)c2ccc(C)c(F)c2)CCCC1. The Morgan fingerprint density at radius 3 is 2.53 bits per heavy atom. The van der Waals surface area contributed by atoms with Crippen molar-refractivity contribution in [3.63, 3.8) is 0 Å². The molecule has 1 aliphatic rings. The van der Waals surface area contributed by atoms with Crippen molar-refractivity contribution >= 4 is 0 Å². The molecule has 1 aliphatic carbocycles. The maximum Gasteiger partial charge on any atom is 0.126 e. The zero-order chi connectivity index (χ0) is 12.5. The first-order valence-electron chi connectivity index (χ1n) is 6.08. The molecule has 0 bridgehead atoms. The van der Waals surface area contributed by atoms with E-state index in [4.69, 9.17) is 4.74 Å². The third-order valence-electron chi connectivity index (χ3n) is 3.87. The highest BCUT2D eigenvalue weighted by atomic mass is 19.1. The molecule has 0 radical (unpaired) electrons. The molecule has 1 aromatic carbocycles. The van der Waals surface area contributed by atoms with Gasteiger partial charge < -0.3 is 9.84 Å². The minimum atomic E-state index is -0.745. The van der Waals surface area contributed by atoms with Crippen molar-refractivity contribution in [3.05, 3.63) is 35.1 Å². The molecule has 0 amide bonds. The number of hydrogen-bond acceptors (Lipinski definition) is 2. The molecule has 1 aromatic rings. The standard InChI is InChI=1S/C14H19FO2/c1-10-5-6-11(9-12(10)15)13(16)14(17-2)7-3-4-8-14/h5-6,9,13,16H,3-4,7-8H2,1-2H3. The molecule has 1 saturated carbocycles. The number of aliphatic hydroxyl groups excluding tert-OH is 1. The van der Waals surface area contributed by atoms with E-state index in [1.807, 2.05) is 0 Å². The van der Waals surface area contributed by atoms with E-state index in [1.54, 1.807) is 26.2 Å². The van der Waals surface area contributed by atoms with Gasteiger partial charge in [-0.2, -0.15) is 0 Å². The first-order valence-corrected chi connectivity index (χ1v) is 6.08. The van der Waals surface area contributed by atoms with Crippen LogP contribution in [0, 0.1) is 12.7 Å². The van der Waals surface area contributed by atoms with Crippen molar-refractivity contribution in [2.45, 2.75) is 44.3 Å². The number of aliphatic hydroxyl groups is 1. The van der Waals surface area contributed by atoms with Gasteiger partial charge >= 0.3 is 0 Å². The van der Waals surface area contributed by atoms with Gasteiger partial charge in [0.2, 0.25) is 0 Å².